The molecular formula is C61H88N18O16. The number of amides is 12. The predicted octanol–water partition coefficient (Wildman–Crippen LogP) is -3.01. The van der Waals surface area contributed by atoms with Gasteiger partial charge in [0.1, 0.15) is 60.1 Å². The second-order valence-electron chi connectivity index (χ2n) is 24.2. The number of fused-ring (bicyclic) bond motifs is 1. The second kappa shape index (κ2) is 36.2. The number of carbonyl (C=O) groups excluding carboxylic acids is 11. The number of phenolic OH excluding ortho intramolecular Hbond substituents is 1. The molecule has 34 nitrogen and oxygen atoms in total. The van der Waals surface area contributed by atoms with Crippen molar-refractivity contribution >= 4 is 87.9 Å². The number of aliphatic hydroxyl groups excluding tert-OH is 1. The lowest BCUT2D eigenvalue weighted by molar-refractivity contribution is -0.142. The van der Waals surface area contributed by atoms with E-state index in [1.54, 1.807) is 65.1 Å². The summed E-state index contributed by atoms with van der Waals surface area (Å²) >= 11 is 0. The van der Waals surface area contributed by atoms with Gasteiger partial charge in [0.2, 0.25) is 53.2 Å². The Morgan fingerprint density at radius 1 is 0.726 bits per heavy atom. The molecule has 9 atom stereocenters. The summed E-state index contributed by atoms with van der Waals surface area (Å²) in [5.41, 5.74) is 21.6. The molecule has 0 spiro atoms. The lowest BCUT2D eigenvalue weighted by Crippen LogP contribution is -2.62. The van der Waals surface area contributed by atoms with Crippen LogP contribution in [0.2, 0.25) is 0 Å². The van der Waals surface area contributed by atoms with Gasteiger partial charge in [-0.1, -0.05) is 44.2 Å². The number of H-pyrrole nitrogens is 2. The van der Waals surface area contributed by atoms with Gasteiger partial charge >= 0.3 is 6.03 Å². The largest absolute Gasteiger partial charge is 0.508 e. The summed E-state index contributed by atoms with van der Waals surface area (Å²) in [4.78, 5) is 176. The van der Waals surface area contributed by atoms with E-state index in [0.717, 1.165) is 6.92 Å². The summed E-state index contributed by atoms with van der Waals surface area (Å²) in [6.07, 6.45) is 4.91. The first kappa shape index (κ1) is 75.3. The molecule has 34 heteroatoms. The molecule has 4 aromatic rings. The number of imidazole rings is 1. The highest BCUT2D eigenvalue weighted by Gasteiger charge is 2.40. The quantitative estimate of drug-likeness (QED) is 0.0103. The number of hydrogen-bond donors (Lipinski definition) is 18. The Labute approximate surface area is 546 Å². The van der Waals surface area contributed by atoms with Crippen molar-refractivity contribution in [2.45, 2.75) is 166 Å². The second-order valence-corrected chi connectivity index (χ2v) is 24.2. The number of nitrogens with zero attached hydrogens (tertiary/aromatic N) is 3. The van der Waals surface area contributed by atoms with Gasteiger partial charge < -0.3 is 94.7 Å². The highest BCUT2D eigenvalue weighted by atomic mass is 16.5. The zero-order valence-electron chi connectivity index (χ0n) is 53.7. The van der Waals surface area contributed by atoms with Crippen molar-refractivity contribution < 1.29 is 77.6 Å². The van der Waals surface area contributed by atoms with Crippen molar-refractivity contribution in [3.8, 4) is 5.75 Å². The highest BCUT2D eigenvalue weighted by Crippen LogP contribution is 2.22. The van der Waals surface area contributed by atoms with Crippen LogP contribution < -0.4 is 70.6 Å². The maximum absolute atomic E-state index is 14.8. The first-order valence-corrected chi connectivity index (χ1v) is 30.8. The zero-order chi connectivity index (χ0) is 70.1. The summed E-state index contributed by atoms with van der Waals surface area (Å²) in [7, 11) is 0. The number of aromatic amines is 2. The Morgan fingerprint density at radius 3 is 1.89 bits per heavy atom. The van der Waals surface area contributed by atoms with E-state index in [1.165, 1.54) is 41.7 Å². The lowest BCUT2D eigenvalue weighted by Gasteiger charge is -2.31. The number of nitrogens with one attached hydrogen (secondary N) is 12. The fourth-order valence-electron chi connectivity index (χ4n) is 10.2. The predicted molar refractivity (Wildman–Crippen MR) is 342 cm³/mol. The molecule has 21 N–H and O–H groups in total. The third kappa shape index (κ3) is 24.9. The number of aliphatic imine (C=N–C) groups is 1. The summed E-state index contributed by atoms with van der Waals surface area (Å²) in [5.74, 6) is -9.42. The summed E-state index contributed by atoms with van der Waals surface area (Å²) in [6.45, 7) is 8.36. The summed E-state index contributed by atoms with van der Waals surface area (Å²) in [6, 6.07) is -0.716. The van der Waals surface area contributed by atoms with Gasteiger partial charge in [0.25, 0.3) is 11.9 Å². The van der Waals surface area contributed by atoms with Crippen LogP contribution in [0.1, 0.15) is 103 Å². The van der Waals surface area contributed by atoms with Crippen molar-refractivity contribution in [1.29, 1.82) is 0 Å². The first-order valence-electron chi connectivity index (χ1n) is 30.8. The monoisotopic (exact) mass is 1330 g/mol. The molecule has 2 aromatic heterocycles. The van der Waals surface area contributed by atoms with Crippen LogP contribution in [0.4, 0.5) is 4.79 Å². The van der Waals surface area contributed by atoms with Crippen molar-refractivity contribution in [3.05, 3.63) is 84.1 Å². The fourth-order valence-corrected chi connectivity index (χ4v) is 10.2. The standard InChI is InChI=1S/C59H84N18O14.C2H4O2/c1-31(2)22-40(49(82)68-39(12-8-20-64-57(60)61)56(89)77-21-9-13-46(77)55(88)75-76-58(62)90)69-54(87)45(29-91-59(3,4)5)74-50(83)41(23-32-14-16-35(79)17-15-32)70-53(86)44(28-78)73-51(84)42(24-33-26-65-37-11-7-6-10-36(33)37)71-52(85)43(25-34-27-63-30-66-34)72-48(81)38-18-19-47(80)67-38;1-2(3)4/h6-7,10-11,14-17,26-27,30-31,38-46,65,78-79H,8-9,12-13,18-25,28-29H2,1-5H3,(H,63,66)(H,67,80)(H,68,82)(H,69,87)(H,70,86)(H,71,85)(H,72,81)(H,73,84)(H,74,83)(H,75,88)(H4,60,61,64)(H3,62,76,90);1H3,(H,3,4)/t38-,39-,40+,41+,42+,43+,44+,45-,46-;/m1./s1. The van der Waals surface area contributed by atoms with Crippen molar-refractivity contribution in [2.75, 3.05) is 26.3 Å². The molecule has 95 heavy (non-hydrogen) atoms. The first-order chi connectivity index (χ1) is 44.9. The van der Waals surface area contributed by atoms with Crippen LogP contribution in [0.25, 0.3) is 10.9 Å². The Kier molecular flexibility index (Phi) is 28.7. The number of urea groups is 1. The number of aliphatic carboxylic acids is 1. The van der Waals surface area contributed by atoms with Gasteiger partial charge in [-0.05, 0) is 94.5 Å². The normalized spacial score (nSPS) is 16.5. The number of aromatic nitrogens is 3. The van der Waals surface area contributed by atoms with E-state index in [9.17, 15) is 63.0 Å². The Bertz CT molecular complexity index is 3340. The van der Waals surface area contributed by atoms with Crippen LogP contribution in [0.15, 0.2) is 72.2 Å². The van der Waals surface area contributed by atoms with Crippen molar-refractivity contribution in [1.82, 2.24) is 73.2 Å². The van der Waals surface area contributed by atoms with Crippen LogP contribution in [0.3, 0.4) is 0 Å². The maximum Gasteiger partial charge on any atom is 0.330 e. The number of aliphatic hydroxyl groups is 1. The SMILES string of the molecule is CC(=O)O.CC(C)C[C@H](NC(=O)[C@@H](COC(C)(C)C)NC(=O)[C@H](Cc1ccc(O)cc1)NC(=O)[C@H](CO)NC(=O)[C@H](Cc1c[nH]c2ccccc12)NC(=O)[C@H](Cc1cnc[nH]1)NC(=O)[C@H]1CCC(=O)N1)C(=O)N[C@H](CCCN=C(N)N)C(=O)N1CCC[C@@H]1C(=O)NNC(N)=O. The van der Waals surface area contributed by atoms with Gasteiger partial charge in [0.05, 0.1) is 25.1 Å². The van der Waals surface area contributed by atoms with Crippen LogP contribution in [0, 0.1) is 5.92 Å². The number of likely N-dealkylation sites (tertiary alicyclic amines) is 1. The molecule has 0 unspecified atom stereocenters. The lowest BCUT2D eigenvalue weighted by atomic mass is 10.0. The van der Waals surface area contributed by atoms with Crippen LogP contribution in [-0.4, -0.2) is 198 Å². The van der Waals surface area contributed by atoms with E-state index in [-0.39, 0.29) is 94.4 Å². The average Bonchev–Trinajstić information content (AvgIpc) is 1.76. The van der Waals surface area contributed by atoms with E-state index >= 15 is 0 Å². The molecule has 4 heterocycles. The molecule has 0 radical (unpaired) electrons. The molecule has 2 saturated heterocycles. The van der Waals surface area contributed by atoms with Crippen LogP contribution in [-0.2, 0) is 76.7 Å². The van der Waals surface area contributed by atoms with Crippen LogP contribution >= 0.6 is 0 Å². The Morgan fingerprint density at radius 2 is 1.31 bits per heavy atom. The minimum absolute atomic E-state index is 0.00453. The number of primary amides is 1. The minimum atomic E-state index is -1.80. The zero-order valence-corrected chi connectivity index (χ0v) is 53.7. The number of nitrogens with two attached hydrogens (primary N) is 3. The molecule has 0 aliphatic carbocycles. The van der Waals surface area contributed by atoms with Gasteiger partial charge in [0, 0.05) is 74.7 Å². The molecule has 12 amide bonds. The summed E-state index contributed by atoms with van der Waals surface area (Å²) in [5, 5.41) is 50.2. The van der Waals surface area contributed by atoms with Gasteiger partial charge in [-0.15, -0.1) is 0 Å². The Balaban J connectivity index is 0.00000397. The third-order valence-corrected chi connectivity index (χ3v) is 14.8. The topological polar surface area (TPSA) is 533 Å². The van der Waals surface area contributed by atoms with E-state index < -0.39 is 138 Å². The molecule has 2 fully saturated rings. The molecular weight excluding hydrogens is 1240 g/mol. The number of hydrogen-bond acceptors (Lipinski definition) is 17. The van der Waals surface area contributed by atoms with E-state index in [4.69, 9.17) is 31.8 Å². The third-order valence-electron chi connectivity index (χ3n) is 14.8. The Hall–Kier alpha value is -10.4. The van der Waals surface area contributed by atoms with E-state index in [1.807, 2.05) is 5.43 Å². The number of carboxylic acids is 1. The number of carboxylic acid groups (broad SMARTS) is 1. The van der Waals surface area contributed by atoms with E-state index in [0.29, 0.717) is 34.1 Å². The fraction of sp³-hybridized carbons (Fsp3) is 0.508. The van der Waals surface area contributed by atoms with Gasteiger partial charge in [-0.25, -0.2) is 15.2 Å². The maximum atomic E-state index is 14.8. The average molecular weight is 1330 g/mol. The number of hydrazine groups is 1. The van der Waals surface area contributed by atoms with Gasteiger partial charge in [-0.2, -0.15) is 0 Å². The van der Waals surface area contributed by atoms with Gasteiger partial charge in [-0.3, -0.25) is 63.2 Å². The number of ether oxygens (including phenoxy) is 1. The summed E-state index contributed by atoms with van der Waals surface area (Å²) < 4.78 is 6.03. The molecule has 2 aromatic carbocycles. The molecule has 2 aliphatic rings. The number of para-hydroxylation sites is 1. The van der Waals surface area contributed by atoms with Crippen molar-refractivity contribution in [3.63, 3.8) is 0 Å². The van der Waals surface area contributed by atoms with Crippen molar-refractivity contribution in [2.24, 2.45) is 28.1 Å². The molecule has 6 rings (SSSR count). The smallest absolute Gasteiger partial charge is 0.330 e. The number of benzene rings is 2. The molecule has 0 bridgehead atoms. The number of phenols is 1. The van der Waals surface area contributed by atoms with Gasteiger partial charge in [0.15, 0.2) is 5.96 Å². The number of aromatic hydroxyl groups is 1. The molecule has 0 saturated carbocycles. The van der Waals surface area contributed by atoms with E-state index in [2.05, 4.69) is 67.9 Å². The number of rotatable bonds is 31. The molecule has 518 valence electrons. The molecule has 2 aliphatic heterocycles. The highest BCUT2D eigenvalue weighted by molar-refractivity contribution is 5.99. The minimum Gasteiger partial charge on any atom is -0.508 e. The number of carbonyl (C=O) groups is 12. The van der Waals surface area contributed by atoms with Crippen LogP contribution in [0.5, 0.6) is 5.75 Å². The number of guanidine groups is 1.